The molecule has 19 heavy (non-hydrogen) atoms. The summed E-state index contributed by atoms with van der Waals surface area (Å²) in [5.41, 5.74) is -3.73. The third-order valence-corrected chi connectivity index (χ3v) is 2.08. The monoisotopic (exact) mass is 272 g/mol. The van der Waals surface area contributed by atoms with Crippen LogP contribution >= 0.6 is 0 Å². The second kappa shape index (κ2) is 4.99. The van der Waals surface area contributed by atoms with Crippen LogP contribution in [0, 0.1) is 40.5 Å². The summed E-state index contributed by atoms with van der Waals surface area (Å²) in [7, 11) is 0. The van der Waals surface area contributed by atoms with Crippen molar-refractivity contribution >= 4 is 17.1 Å². The molecule has 0 aliphatic carbocycles. The Morgan fingerprint density at radius 1 is 0.789 bits per heavy atom. The molecule has 0 unspecified atom stereocenters. The van der Waals surface area contributed by atoms with Crippen molar-refractivity contribution in [3.05, 3.63) is 58.2 Å². The Kier molecular flexibility index (Phi) is 3.65. The minimum Gasteiger partial charge on any atom is -0.264 e. The lowest BCUT2D eigenvalue weighted by atomic mass is 10.1. The maximum Gasteiger partial charge on any atom is 0.293 e. The molecule has 0 saturated carbocycles. The summed E-state index contributed by atoms with van der Waals surface area (Å²) in [6.07, 6.45) is 0. The Morgan fingerprint density at radius 2 is 1.21 bits per heavy atom. The number of rotatable bonds is 5. The van der Waals surface area contributed by atoms with E-state index >= 15 is 0 Å². The van der Waals surface area contributed by atoms with Gasteiger partial charge in [0.25, 0.3) is 17.1 Å². The normalized spacial score (nSPS) is 9.89. The van der Waals surface area contributed by atoms with Crippen LogP contribution in [-0.4, -0.2) is 19.7 Å². The summed E-state index contributed by atoms with van der Waals surface area (Å²) in [4.78, 5) is 37.9. The Morgan fingerprint density at radius 3 is 1.47 bits per heavy atom. The van der Waals surface area contributed by atoms with Crippen molar-refractivity contribution in [1.29, 1.82) is 0 Å². The van der Waals surface area contributed by atoms with Gasteiger partial charge in [0.2, 0.25) is 6.54 Å². The Balaban J connectivity index is 3.64. The van der Waals surface area contributed by atoms with Crippen LogP contribution in [-0.2, 0) is 6.54 Å². The molecule has 0 radical (unpaired) electrons. The van der Waals surface area contributed by atoms with Crippen LogP contribution in [0.15, 0.2) is 12.1 Å². The molecular formula is C7H4N4O8. The minimum absolute atomic E-state index is 0.450. The lowest BCUT2D eigenvalue weighted by Gasteiger charge is -2.00. The molecule has 0 aromatic heterocycles. The fourth-order valence-electron chi connectivity index (χ4n) is 1.35. The van der Waals surface area contributed by atoms with E-state index in [0.29, 0.717) is 12.1 Å². The first-order chi connectivity index (χ1) is 8.73. The molecule has 0 heterocycles. The smallest absolute Gasteiger partial charge is 0.264 e. The van der Waals surface area contributed by atoms with Gasteiger partial charge in [-0.15, -0.1) is 0 Å². The van der Waals surface area contributed by atoms with Gasteiger partial charge in [0.05, 0.1) is 26.9 Å². The zero-order valence-electron chi connectivity index (χ0n) is 8.92. The zero-order valence-corrected chi connectivity index (χ0v) is 8.92. The Bertz CT molecular complexity index is 562. The lowest BCUT2D eigenvalue weighted by molar-refractivity contribution is -0.500. The number of hydrogen-bond acceptors (Lipinski definition) is 8. The standard InChI is InChI=1S/C7H4N4O8/c12-8(13)3-5-6(10(16)17)1-4(9(14)15)2-7(5)11(18)19/h1-2H,3H2. The van der Waals surface area contributed by atoms with Gasteiger partial charge in [-0.1, -0.05) is 0 Å². The SMILES string of the molecule is O=[N+]([O-])Cc1c([N+](=O)[O-])cc([N+](=O)[O-])cc1[N+](=O)[O-]. The van der Waals surface area contributed by atoms with Gasteiger partial charge in [-0.25, -0.2) is 0 Å². The fraction of sp³-hybridized carbons (Fsp3) is 0.143. The van der Waals surface area contributed by atoms with Gasteiger partial charge < -0.3 is 0 Å². The van der Waals surface area contributed by atoms with Crippen LogP contribution in [0.3, 0.4) is 0 Å². The maximum absolute atomic E-state index is 10.7. The van der Waals surface area contributed by atoms with Crippen LogP contribution in [0.4, 0.5) is 17.1 Å². The molecule has 0 aliphatic heterocycles. The van der Waals surface area contributed by atoms with Crippen molar-refractivity contribution in [2.45, 2.75) is 6.54 Å². The quantitative estimate of drug-likeness (QED) is 0.567. The Hall–Kier alpha value is -3.18. The zero-order chi connectivity index (χ0) is 14.7. The topological polar surface area (TPSA) is 173 Å². The highest BCUT2D eigenvalue weighted by atomic mass is 16.6. The predicted octanol–water partition coefficient (Wildman–Crippen LogP) is 1.19. The average molecular weight is 272 g/mol. The molecule has 100 valence electrons. The highest BCUT2D eigenvalue weighted by Gasteiger charge is 2.33. The summed E-state index contributed by atoms with van der Waals surface area (Å²) in [6.45, 7) is -1.18. The maximum atomic E-state index is 10.7. The number of hydrogen-bond donors (Lipinski definition) is 0. The summed E-state index contributed by atoms with van der Waals surface area (Å²) in [6, 6.07) is 0.900. The van der Waals surface area contributed by atoms with Crippen LogP contribution < -0.4 is 0 Å². The van der Waals surface area contributed by atoms with Crippen LogP contribution in [0.1, 0.15) is 5.56 Å². The number of nitrogens with zero attached hydrogens (tertiary/aromatic N) is 4. The van der Waals surface area contributed by atoms with Gasteiger partial charge in [-0.2, -0.15) is 0 Å². The van der Waals surface area contributed by atoms with Gasteiger partial charge in [0.15, 0.2) is 5.56 Å². The van der Waals surface area contributed by atoms with E-state index in [4.69, 9.17) is 0 Å². The molecular weight excluding hydrogens is 268 g/mol. The third-order valence-electron chi connectivity index (χ3n) is 2.08. The van der Waals surface area contributed by atoms with Gasteiger partial charge in [0, 0.05) is 4.92 Å². The van der Waals surface area contributed by atoms with Crippen LogP contribution in [0.25, 0.3) is 0 Å². The molecule has 0 atom stereocenters. The number of non-ortho nitro benzene ring substituents is 1. The first-order valence-electron chi connectivity index (χ1n) is 4.46. The summed E-state index contributed by atoms with van der Waals surface area (Å²) in [5.74, 6) is 0. The fourth-order valence-corrected chi connectivity index (χ4v) is 1.35. The van der Waals surface area contributed by atoms with Crippen molar-refractivity contribution in [2.24, 2.45) is 0 Å². The van der Waals surface area contributed by atoms with Crippen molar-refractivity contribution in [3.8, 4) is 0 Å². The molecule has 0 spiro atoms. The molecule has 1 aromatic rings. The molecule has 12 heteroatoms. The highest BCUT2D eigenvalue weighted by molar-refractivity contribution is 5.60. The van der Waals surface area contributed by atoms with E-state index in [-0.39, 0.29) is 0 Å². The van der Waals surface area contributed by atoms with Crippen LogP contribution in [0.2, 0.25) is 0 Å². The van der Waals surface area contributed by atoms with E-state index in [9.17, 15) is 40.5 Å². The minimum atomic E-state index is -1.18. The van der Waals surface area contributed by atoms with Gasteiger partial charge in [0.1, 0.15) is 0 Å². The third kappa shape index (κ3) is 2.93. The highest BCUT2D eigenvalue weighted by Crippen LogP contribution is 2.33. The largest absolute Gasteiger partial charge is 0.293 e. The number of nitro groups is 4. The molecule has 0 aliphatic rings. The first-order valence-corrected chi connectivity index (χ1v) is 4.46. The Labute approximate surface area is 102 Å². The number of nitro benzene ring substituents is 3. The van der Waals surface area contributed by atoms with Crippen molar-refractivity contribution < 1.29 is 19.7 Å². The molecule has 0 fully saturated rings. The van der Waals surface area contributed by atoms with E-state index in [1.807, 2.05) is 0 Å². The second-order valence-electron chi connectivity index (χ2n) is 3.22. The number of benzene rings is 1. The van der Waals surface area contributed by atoms with E-state index in [2.05, 4.69) is 0 Å². The van der Waals surface area contributed by atoms with E-state index in [0.717, 1.165) is 0 Å². The van der Waals surface area contributed by atoms with E-state index < -0.39 is 48.9 Å². The van der Waals surface area contributed by atoms with Crippen molar-refractivity contribution in [1.82, 2.24) is 0 Å². The van der Waals surface area contributed by atoms with Crippen molar-refractivity contribution in [3.63, 3.8) is 0 Å². The molecule has 12 nitrogen and oxygen atoms in total. The van der Waals surface area contributed by atoms with Gasteiger partial charge in [-0.05, 0) is 0 Å². The molecule has 0 saturated heterocycles. The lowest BCUT2D eigenvalue weighted by Crippen LogP contribution is -2.07. The van der Waals surface area contributed by atoms with E-state index in [1.165, 1.54) is 0 Å². The predicted molar refractivity (Wildman–Crippen MR) is 57.1 cm³/mol. The molecule has 1 rings (SSSR count). The molecule has 0 bridgehead atoms. The van der Waals surface area contributed by atoms with Gasteiger partial charge in [-0.3, -0.25) is 40.5 Å². The first kappa shape index (κ1) is 13.9. The van der Waals surface area contributed by atoms with Crippen molar-refractivity contribution in [2.75, 3.05) is 0 Å². The molecule has 0 N–H and O–H groups in total. The summed E-state index contributed by atoms with van der Waals surface area (Å²) in [5, 5.41) is 42.3. The van der Waals surface area contributed by atoms with Gasteiger partial charge >= 0.3 is 0 Å². The summed E-state index contributed by atoms with van der Waals surface area (Å²) < 4.78 is 0. The molecule has 1 aromatic carbocycles. The van der Waals surface area contributed by atoms with E-state index in [1.54, 1.807) is 0 Å². The summed E-state index contributed by atoms with van der Waals surface area (Å²) >= 11 is 0. The van der Waals surface area contributed by atoms with Crippen LogP contribution in [0.5, 0.6) is 0 Å². The average Bonchev–Trinajstić information content (AvgIpc) is 2.27. The second-order valence-corrected chi connectivity index (χ2v) is 3.22. The molecule has 0 amide bonds.